The van der Waals surface area contributed by atoms with Crippen LogP contribution in [0.2, 0.25) is 5.02 Å². The van der Waals surface area contributed by atoms with Crippen molar-refractivity contribution in [2.24, 2.45) is 0 Å². The van der Waals surface area contributed by atoms with E-state index in [4.69, 9.17) is 21.1 Å². The Morgan fingerprint density at radius 3 is 2.82 bits per heavy atom. The molecule has 0 saturated carbocycles. The van der Waals surface area contributed by atoms with Gasteiger partial charge in [-0.15, -0.1) is 0 Å². The van der Waals surface area contributed by atoms with E-state index < -0.39 is 6.04 Å². The van der Waals surface area contributed by atoms with Crippen LogP contribution in [0.5, 0.6) is 0 Å². The lowest BCUT2D eigenvalue weighted by Crippen LogP contribution is -2.31. The summed E-state index contributed by atoms with van der Waals surface area (Å²) >= 11 is 5.96. The van der Waals surface area contributed by atoms with Gasteiger partial charge < -0.3 is 20.1 Å². The summed E-state index contributed by atoms with van der Waals surface area (Å²) in [5, 5.41) is 6.68. The molecule has 2 N–H and O–H groups in total. The zero-order chi connectivity index (χ0) is 19.8. The van der Waals surface area contributed by atoms with Gasteiger partial charge in [0.1, 0.15) is 6.04 Å². The zero-order valence-electron chi connectivity index (χ0n) is 16.1. The molecule has 2 aromatic rings. The summed E-state index contributed by atoms with van der Waals surface area (Å²) in [6.07, 6.45) is 3.64. The lowest BCUT2D eigenvalue weighted by Gasteiger charge is -2.22. The maximum atomic E-state index is 12.4. The van der Waals surface area contributed by atoms with Crippen molar-refractivity contribution in [3.8, 4) is 0 Å². The number of hydrogen-bond acceptors (Lipinski definition) is 4. The van der Waals surface area contributed by atoms with Crippen LogP contribution in [0, 0.1) is 0 Å². The highest BCUT2D eigenvalue weighted by Crippen LogP contribution is 2.17. The Kier molecular flexibility index (Phi) is 7.71. The first-order valence-electron chi connectivity index (χ1n) is 9.71. The summed E-state index contributed by atoms with van der Waals surface area (Å²) in [7, 11) is 0. The van der Waals surface area contributed by atoms with Crippen LogP contribution < -0.4 is 10.6 Å². The number of rotatable bonds is 8. The van der Waals surface area contributed by atoms with Crippen molar-refractivity contribution < 1.29 is 14.3 Å². The highest BCUT2D eigenvalue weighted by molar-refractivity contribution is 6.30. The predicted octanol–water partition coefficient (Wildman–Crippen LogP) is 4.86. The van der Waals surface area contributed by atoms with Crippen LogP contribution in [-0.4, -0.2) is 31.3 Å². The second-order valence-corrected chi connectivity index (χ2v) is 7.51. The normalized spacial score (nSPS) is 17.7. The summed E-state index contributed by atoms with van der Waals surface area (Å²) in [4.78, 5) is 12.4. The number of amides is 1. The number of nitrogens with one attached hydrogen (secondary N) is 2. The van der Waals surface area contributed by atoms with Crippen LogP contribution in [0.4, 0.5) is 11.4 Å². The molecule has 0 aliphatic carbocycles. The molecule has 0 radical (unpaired) electrons. The lowest BCUT2D eigenvalue weighted by molar-refractivity contribution is -0.116. The lowest BCUT2D eigenvalue weighted by atomic mass is 10.1. The topological polar surface area (TPSA) is 59.6 Å². The van der Waals surface area contributed by atoms with Gasteiger partial charge in [0, 0.05) is 23.0 Å². The third-order valence-corrected chi connectivity index (χ3v) is 4.88. The number of ether oxygens (including phenoxy) is 2. The highest BCUT2D eigenvalue weighted by Gasteiger charge is 2.15. The molecule has 0 aromatic heterocycles. The van der Waals surface area contributed by atoms with Gasteiger partial charge >= 0.3 is 0 Å². The van der Waals surface area contributed by atoms with Crippen LogP contribution in [-0.2, 0) is 20.9 Å². The molecule has 1 amide bonds. The number of halogens is 1. The molecule has 2 aromatic carbocycles. The summed E-state index contributed by atoms with van der Waals surface area (Å²) in [6.45, 7) is 3.81. The number of hydrogen-bond donors (Lipinski definition) is 2. The van der Waals surface area contributed by atoms with Crippen molar-refractivity contribution in [2.75, 3.05) is 23.8 Å². The Morgan fingerprint density at radius 2 is 2.04 bits per heavy atom. The molecule has 28 heavy (non-hydrogen) atoms. The molecular weight excluding hydrogens is 376 g/mol. The van der Waals surface area contributed by atoms with Gasteiger partial charge in [-0.3, -0.25) is 4.79 Å². The van der Waals surface area contributed by atoms with E-state index in [9.17, 15) is 4.79 Å². The van der Waals surface area contributed by atoms with E-state index in [-0.39, 0.29) is 12.0 Å². The standard InChI is InChI=1S/C22H27ClN2O3/c1-16(22(26)25-20-9-5-7-18(23)13-20)24-19-8-4-6-17(12-19)14-27-15-21-10-2-3-11-28-21/h4-9,12-13,16,21,24H,2-3,10-11,14-15H2,1H3,(H,25,26). The molecule has 3 rings (SSSR count). The Hall–Kier alpha value is -2.08. The van der Waals surface area contributed by atoms with Crippen LogP contribution >= 0.6 is 11.6 Å². The van der Waals surface area contributed by atoms with Gasteiger partial charge in [-0.05, 0) is 62.1 Å². The molecule has 1 aliphatic rings. The maximum absolute atomic E-state index is 12.4. The molecular formula is C22H27ClN2O3. The number of carbonyl (C=O) groups is 1. The number of carbonyl (C=O) groups excluding carboxylic acids is 1. The fourth-order valence-electron chi connectivity index (χ4n) is 3.13. The minimum atomic E-state index is -0.397. The molecule has 1 aliphatic heterocycles. The minimum absolute atomic E-state index is 0.127. The Balaban J connectivity index is 1.48. The third kappa shape index (κ3) is 6.51. The predicted molar refractivity (Wildman–Crippen MR) is 113 cm³/mol. The van der Waals surface area contributed by atoms with Gasteiger partial charge in [0.25, 0.3) is 0 Å². The zero-order valence-corrected chi connectivity index (χ0v) is 16.9. The largest absolute Gasteiger partial charge is 0.376 e. The molecule has 1 saturated heterocycles. The monoisotopic (exact) mass is 402 g/mol. The molecule has 0 spiro atoms. The maximum Gasteiger partial charge on any atom is 0.246 e. The molecule has 5 nitrogen and oxygen atoms in total. The van der Waals surface area contributed by atoms with Gasteiger partial charge in [0.05, 0.1) is 19.3 Å². The van der Waals surface area contributed by atoms with Crippen molar-refractivity contribution in [1.82, 2.24) is 0 Å². The quantitative estimate of drug-likeness (QED) is 0.661. The summed E-state index contributed by atoms with van der Waals surface area (Å²) in [6, 6.07) is 14.6. The molecule has 2 atom stereocenters. The van der Waals surface area contributed by atoms with Crippen molar-refractivity contribution in [3.63, 3.8) is 0 Å². The number of anilines is 2. The first-order chi connectivity index (χ1) is 13.6. The van der Waals surface area contributed by atoms with Crippen LogP contribution in [0.15, 0.2) is 48.5 Å². The van der Waals surface area contributed by atoms with E-state index in [2.05, 4.69) is 10.6 Å². The molecule has 1 heterocycles. The second-order valence-electron chi connectivity index (χ2n) is 7.07. The van der Waals surface area contributed by atoms with Crippen molar-refractivity contribution in [2.45, 2.75) is 44.9 Å². The van der Waals surface area contributed by atoms with E-state index in [0.29, 0.717) is 23.9 Å². The average molecular weight is 403 g/mol. The first kappa shape index (κ1) is 20.6. The van der Waals surface area contributed by atoms with Crippen molar-refractivity contribution >= 4 is 28.9 Å². The third-order valence-electron chi connectivity index (χ3n) is 4.64. The smallest absolute Gasteiger partial charge is 0.246 e. The Labute approximate surface area is 171 Å². The Morgan fingerprint density at radius 1 is 1.21 bits per heavy atom. The molecule has 0 bridgehead atoms. The van der Waals surface area contributed by atoms with Gasteiger partial charge in [-0.2, -0.15) is 0 Å². The molecule has 1 fully saturated rings. The van der Waals surface area contributed by atoms with E-state index in [1.54, 1.807) is 18.2 Å². The molecule has 2 unspecified atom stereocenters. The fraction of sp³-hybridized carbons (Fsp3) is 0.409. The summed E-state index contributed by atoms with van der Waals surface area (Å²) in [5.41, 5.74) is 2.62. The molecule has 6 heteroatoms. The van der Waals surface area contributed by atoms with Crippen LogP contribution in [0.25, 0.3) is 0 Å². The first-order valence-corrected chi connectivity index (χ1v) is 10.1. The Bertz CT molecular complexity index is 778. The van der Waals surface area contributed by atoms with Crippen LogP contribution in [0.3, 0.4) is 0 Å². The summed E-state index contributed by atoms with van der Waals surface area (Å²) < 4.78 is 11.5. The average Bonchev–Trinajstić information content (AvgIpc) is 2.69. The van der Waals surface area contributed by atoms with Gasteiger partial charge in [0.2, 0.25) is 5.91 Å². The van der Waals surface area contributed by atoms with Gasteiger partial charge in [0.15, 0.2) is 0 Å². The van der Waals surface area contributed by atoms with Crippen LogP contribution in [0.1, 0.15) is 31.7 Å². The van der Waals surface area contributed by atoms with Gasteiger partial charge in [-0.25, -0.2) is 0 Å². The SMILES string of the molecule is CC(Nc1cccc(COCC2CCCCO2)c1)C(=O)Nc1cccc(Cl)c1. The van der Waals surface area contributed by atoms with E-state index in [0.717, 1.165) is 30.7 Å². The van der Waals surface area contributed by atoms with E-state index >= 15 is 0 Å². The van der Waals surface area contributed by atoms with E-state index in [1.807, 2.05) is 37.3 Å². The van der Waals surface area contributed by atoms with Gasteiger partial charge in [-0.1, -0.05) is 29.8 Å². The van der Waals surface area contributed by atoms with Crippen molar-refractivity contribution in [3.05, 3.63) is 59.1 Å². The fourth-order valence-corrected chi connectivity index (χ4v) is 3.32. The van der Waals surface area contributed by atoms with E-state index in [1.165, 1.54) is 6.42 Å². The summed E-state index contributed by atoms with van der Waals surface area (Å²) in [5.74, 6) is -0.127. The molecule has 150 valence electrons. The second kappa shape index (κ2) is 10.5. The number of benzene rings is 2. The minimum Gasteiger partial charge on any atom is -0.376 e. The van der Waals surface area contributed by atoms with Crippen molar-refractivity contribution in [1.29, 1.82) is 0 Å². The highest BCUT2D eigenvalue weighted by atomic mass is 35.5.